The Morgan fingerprint density at radius 2 is 2.21 bits per heavy atom. The maximum absolute atomic E-state index is 12.2. The van der Waals surface area contributed by atoms with Gasteiger partial charge in [0.15, 0.2) is 0 Å². The minimum absolute atomic E-state index is 0.0230. The van der Waals surface area contributed by atoms with E-state index in [0.717, 1.165) is 29.0 Å². The summed E-state index contributed by atoms with van der Waals surface area (Å²) in [5.74, 6) is 0.192. The molecule has 4 heteroatoms. The van der Waals surface area contributed by atoms with E-state index in [1.807, 2.05) is 36.9 Å². The van der Waals surface area contributed by atoms with Gasteiger partial charge in [-0.2, -0.15) is 0 Å². The Hall–Kier alpha value is -1.06. The highest BCUT2D eigenvalue weighted by Crippen LogP contribution is 2.32. The van der Waals surface area contributed by atoms with E-state index in [-0.39, 0.29) is 18.0 Å². The monoisotopic (exact) mass is 280 g/mol. The molecule has 1 amide bonds. The van der Waals surface area contributed by atoms with Gasteiger partial charge in [0.05, 0.1) is 6.04 Å². The predicted octanol–water partition coefficient (Wildman–Crippen LogP) is 3.05. The first-order chi connectivity index (χ1) is 9.04. The number of rotatable bonds is 2. The zero-order chi connectivity index (χ0) is 14.0. The third-order valence-corrected chi connectivity index (χ3v) is 4.28. The summed E-state index contributed by atoms with van der Waals surface area (Å²) >= 11 is 6.20. The lowest BCUT2D eigenvalue weighted by Gasteiger charge is -2.33. The van der Waals surface area contributed by atoms with E-state index in [9.17, 15) is 4.79 Å². The van der Waals surface area contributed by atoms with Crippen molar-refractivity contribution in [1.82, 2.24) is 4.90 Å². The van der Waals surface area contributed by atoms with Gasteiger partial charge in [0.2, 0.25) is 5.91 Å². The van der Waals surface area contributed by atoms with Crippen molar-refractivity contribution >= 4 is 17.5 Å². The van der Waals surface area contributed by atoms with Crippen LogP contribution in [0.2, 0.25) is 5.02 Å². The van der Waals surface area contributed by atoms with E-state index < -0.39 is 0 Å². The van der Waals surface area contributed by atoms with E-state index >= 15 is 0 Å². The molecule has 1 heterocycles. The quantitative estimate of drug-likeness (QED) is 0.905. The second kappa shape index (κ2) is 5.93. The standard InChI is InChI=1S/C15H21ClN2O/c1-3-18-14(19)6-4-5-13(17)15(18)11-8-7-10(2)12(16)9-11/h7-9,13,15H,3-6,17H2,1-2H3. The number of amides is 1. The van der Waals surface area contributed by atoms with E-state index in [1.165, 1.54) is 0 Å². The minimum atomic E-state index is -0.0573. The fourth-order valence-corrected chi connectivity index (χ4v) is 2.96. The molecule has 19 heavy (non-hydrogen) atoms. The topological polar surface area (TPSA) is 46.3 Å². The lowest BCUT2D eigenvalue weighted by molar-refractivity contribution is -0.133. The summed E-state index contributed by atoms with van der Waals surface area (Å²) in [5.41, 5.74) is 8.38. The van der Waals surface area contributed by atoms with Crippen molar-refractivity contribution in [2.24, 2.45) is 5.73 Å². The van der Waals surface area contributed by atoms with Gasteiger partial charge in [-0.25, -0.2) is 0 Å². The summed E-state index contributed by atoms with van der Waals surface area (Å²) in [7, 11) is 0. The van der Waals surface area contributed by atoms with Crippen LogP contribution in [0.25, 0.3) is 0 Å². The van der Waals surface area contributed by atoms with Gasteiger partial charge in [-0.05, 0) is 43.9 Å². The number of aryl methyl sites for hydroxylation is 1. The van der Waals surface area contributed by atoms with E-state index in [1.54, 1.807) is 0 Å². The van der Waals surface area contributed by atoms with Crippen LogP contribution in [0, 0.1) is 6.92 Å². The maximum atomic E-state index is 12.2. The minimum Gasteiger partial charge on any atom is -0.334 e. The van der Waals surface area contributed by atoms with Crippen LogP contribution in [0.4, 0.5) is 0 Å². The Labute approximate surface area is 119 Å². The Morgan fingerprint density at radius 3 is 2.84 bits per heavy atom. The number of halogens is 1. The summed E-state index contributed by atoms with van der Waals surface area (Å²) in [6.45, 7) is 4.66. The summed E-state index contributed by atoms with van der Waals surface area (Å²) in [4.78, 5) is 14.1. The van der Waals surface area contributed by atoms with Crippen LogP contribution in [-0.2, 0) is 4.79 Å². The molecule has 0 aliphatic carbocycles. The van der Waals surface area contributed by atoms with Crippen molar-refractivity contribution < 1.29 is 4.79 Å². The number of carbonyl (C=O) groups excluding carboxylic acids is 1. The molecular formula is C15H21ClN2O. The largest absolute Gasteiger partial charge is 0.334 e. The van der Waals surface area contributed by atoms with Gasteiger partial charge < -0.3 is 10.6 Å². The highest BCUT2D eigenvalue weighted by atomic mass is 35.5. The van der Waals surface area contributed by atoms with Crippen molar-refractivity contribution in [3.05, 3.63) is 34.3 Å². The zero-order valence-electron chi connectivity index (χ0n) is 11.5. The smallest absolute Gasteiger partial charge is 0.223 e. The lowest BCUT2D eigenvalue weighted by atomic mass is 9.95. The molecule has 1 aliphatic heterocycles. The predicted molar refractivity (Wildman–Crippen MR) is 78.1 cm³/mol. The number of hydrogen-bond donors (Lipinski definition) is 1. The molecule has 0 bridgehead atoms. The normalized spacial score (nSPS) is 24.4. The Bertz CT molecular complexity index is 475. The molecule has 1 aromatic rings. The van der Waals surface area contributed by atoms with Crippen LogP contribution in [0.15, 0.2) is 18.2 Å². The lowest BCUT2D eigenvalue weighted by Crippen LogP contribution is -2.42. The van der Waals surface area contributed by atoms with Crippen molar-refractivity contribution in [1.29, 1.82) is 0 Å². The van der Waals surface area contributed by atoms with Gasteiger partial charge in [-0.3, -0.25) is 4.79 Å². The summed E-state index contributed by atoms with van der Waals surface area (Å²) in [6, 6.07) is 5.90. The molecule has 1 fully saturated rings. The molecule has 3 nitrogen and oxygen atoms in total. The zero-order valence-corrected chi connectivity index (χ0v) is 12.3. The summed E-state index contributed by atoms with van der Waals surface area (Å²) < 4.78 is 0. The second-order valence-electron chi connectivity index (χ2n) is 5.19. The first-order valence-electron chi connectivity index (χ1n) is 6.85. The number of carbonyl (C=O) groups is 1. The van der Waals surface area contributed by atoms with Crippen LogP contribution >= 0.6 is 11.6 Å². The van der Waals surface area contributed by atoms with E-state index in [2.05, 4.69) is 0 Å². The van der Waals surface area contributed by atoms with Gasteiger partial charge in [0.1, 0.15) is 0 Å². The van der Waals surface area contributed by atoms with Gasteiger partial charge in [-0.1, -0.05) is 23.7 Å². The highest BCUT2D eigenvalue weighted by Gasteiger charge is 2.31. The Balaban J connectivity index is 2.41. The number of benzene rings is 1. The molecule has 2 rings (SSSR count). The number of likely N-dealkylation sites (tertiary alicyclic amines) is 1. The van der Waals surface area contributed by atoms with Crippen LogP contribution in [0.1, 0.15) is 43.4 Å². The molecule has 2 N–H and O–H groups in total. The summed E-state index contributed by atoms with van der Waals surface area (Å²) in [5, 5.41) is 0.734. The number of nitrogens with two attached hydrogens (primary N) is 1. The van der Waals surface area contributed by atoms with E-state index in [0.29, 0.717) is 13.0 Å². The molecule has 2 unspecified atom stereocenters. The second-order valence-corrected chi connectivity index (χ2v) is 5.60. The number of likely N-dealkylation sites (N-methyl/N-ethyl adjacent to an activating group) is 1. The SMILES string of the molecule is CCN1C(=O)CCCC(N)C1c1ccc(C)c(Cl)c1. The molecule has 1 aromatic carbocycles. The molecular weight excluding hydrogens is 260 g/mol. The third kappa shape index (κ3) is 2.93. The molecule has 0 aromatic heterocycles. The molecule has 0 saturated carbocycles. The molecule has 104 valence electrons. The molecule has 2 atom stereocenters. The number of hydrogen-bond acceptors (Lipinski definition) is 2. The van der Waals surface area contributed by atoms with Gasteiger partial charge in [0.25, 0.3) is 0 Å². The number of nitrogens with zero attached hydrogens (tertiary/aromatic N) is 1. The average Bonchev–Trinajstić information content (AvgIpc) is 2.52. The highest BCUT2D eigenvalue weighted by molar-refractivity contribution is 6.31. The van der Waals surface area contributed by atoms with Crippen molar-refractivity contribution in [3.63, 3.8) is 0 Å². The van der Waals surface area contributed by atoms with Crippen molar-refractivity contribution in [2.75, 3.05) is 6.54 Å². The average molecular weight is 281 g/mol. The molecule has 0 radical (unpaired) electrons. The summed E-state index contributed by atoms with van der Waals surface area (Å²) in [6.07, 6.45) is 2.34. The van der Waals surface area contributed by atoms with Gasteiger partial charge in [-0.15, -0.1) is 0 Å². The Kier molecular flexibility index (Phi) is 4.48. The van der Waals surface area contributed by atoms with Crippen molar-refractivity contribution in [2.45, 2.75) is 45.2 Å². The maximum Gasteiger partial charge on any atom is 0.223 e. The molecule has 1 saturated heterocycles. The molecule has 0 spiro atoms. The van der Waals surface area contributed by atoms with Gasteiger partial charge in [0, 0.05) is 24.0 Å². The molecule has 1 aliphatic rings. The van der Waals surface area contributed by atoms with Crippen LogP contribution in [-0.4, -0.2) is 23.4 Å². The van der Waals surface area contributed by atoms with Crippen molar-refractivity contribution in [3.8, 4) is 0 Å². The van der Waals surface area contributed by atoms with Gasteiger partial charge >= 0.3 is 0 Å². The first kappa shape index (κ1) is 14.4. The van der Waals surface area contributed by atoms with Crippen LogP contribution in [0.5, 0.6) is 0 Å². The van der Waals surface area contributed by atoms with Crippen LogP contribution in [0.3, 0.4) is 0 Å². The fraction of sp³-hybridized carbons (Fsp3) is 0.533. The first-order valence-corrected chi connectivity index (χ1v) is 7.23. The van der Waals surface area contributed by atoms with E-state index in [4.69, 9.17) is 17.3 Å². The van der Waals surface area contributed by atoms with Crippen LogP contribution < -0.4 is 5.73 Å². The Morgan fingerprint density at radius 1 is 1.47 bits per heavy atom. The fourth-order valence-electron chi connectivity index (χ4n) is 2.77. The third-order valence-electron chi connectivity index (χ3n) is 3.87.